The van der Waals surface area contributed by atoms with Gasteiger partial charge in [0, 0.05) is 11.3 Å². The summed E-state index contributed by atoms with van der Waals surface area (Å²) in [7, 11) is 0. The molecule has 2 aliphatic carbocycles. The highest BCUT2D eigenvalue weighted by Gasteiger charge is 2.72. The maximum atomic E-state index is 12.2. The van der Waals surface area contributed by atoms with E-state index in [0.717, 1.165) is 31.8 Å². The highest BCUT2D eigenvalue weighted by Crippen LogP contribution is 2.66. The molecule has 0 aromatic rings. The highest BCUT2D eigenvalue weighted by atomic mass is 16.5. The van der Waals surface area contributed by atoms with E-state index < -0.39 is 10.8 Å². The Hall–Kier alpha value is -1.19. The number of carbonyl (C=O) groups excluding carboxylic acids is 3. The fourth-order valence-electron chi connectivity index (χ4n) is 3.57. The van der Waals surface area contributed by atoms with Gasteiger partial charge in [-0.25, -0.2) is 0 Å². The second kappa shape index (κ2) is 4.82. The van der Waals surface area contributed by atoms with E-state index in [9.17, 15) is 14.4 Å². The molecule has 0 heterocycles. The molecule has 0 saturated heterocycles. The summed E-state index contributed by atoms with van der Waals surface area (Å²) in [5.74, 6) is -0.684. The molecule has 0 aromatic heterocycles. The molecule has 100 valence electrons. The van der Waals surface area contributed by atoms with E-state index in [2.05, 4.69) is 0 Å². The Morgan fingerprint density at radius 3 is 2.39 bits per heavy atom. The van der Waals surface area contributed by atoms with E-state index in [1.165, 1.54) is 0 Å². The first kappa shape index (κ1) is 13.2. The Morgan fingerprint density at radius 2 is 1.94 bits per heavy atom. The molecule has 0 radical (unpaired) electrons. The van der Waals surface area contributed by atoms with Crippen molar-refractivity contribution in [1.29, 1.82) is 0 Å². The van der Waals surface area contributed by atoms with Gasteiger partial charge in [0.2, 0.25) is 0 Å². The average molecular weight is 252 g/mol. The van der Waals surface area contributed by atoms with Crippen molar-refractivity contribution in [2.24, 2.45) is 16.7 Å². The Bertz CT molecular complexity index is 357. The molecule has 2 rings (SSSR count). The summed E-state index contributed by atoms with van der Waals surface area (Å²) in [4.78, 5) is 34.9. The minimum Gasteiger partial charge on any atom is -0.466 e. The fourth-order valence-corrected chi connectivity index (χ4v) is 3.57. The maximum absolute atomic E-state index is 12.2. The van der Waals surface area contributed by atoms with Gasteiger partial charge in [0.15, 0.2) is 0 Å². The Morgan fingerprint density at radius 1 is 1.28 bits per heavy atom. The van der Waals surface area contributed by atoms with Crippen molar-refractivity contribution in [2.75, 3.05) is 6.61 Å². The predicted octanol–water partition coefficient (Wildman–Crippen LogP) is 1.90. The maximum Gasteiger partial charge on any atom is 0.313 e. The average Bonchev–Trinajstić information content (AvgIpc) is 3.16. The second-order valence-corrected chi connectivity index (χ2v) is 5.47. The minimum atomic E-state index is -0.854. The lowest BCUT2D eigenvalue weighted by molar-refractivity contribution is -0.161. The summed E-state index contributed by atoms with van der Waals surface area (Å²) in [5.41, 5.74) is -1.52. The summed E-state index contributed by atoms with van der Waals surface area (Å²) >= 11 is 0. The molecule has 0 N–H and O–H groups in total. The van der Waals surface area contributed by atoms with Gasteiger partial charge >= 0.3 is 5.97 Å². The van der Waals surface area contributed by atoms with Crippen molar-refractivity contribution in [2.45, 2.75) is 45.4 Å². The van der Waals surface area contributed by atoms with Crippen LogP contribution in [0.15, 0.2) is 0 Å². The lowest BCUT2D eigenvalue weighted by Crippen LogP contribution is -2.43. The zero-order chi connectivity index (χ0) is 13.2. The van der Waals surface area contributed by atoms with Crippen LogP contribution in [0.5, 0.6) is 0 Å². The first-order valence-electron chi connectivity index (χ1n) is 6.76. The number of ether oxygens (including phenoxy) is 1. The molecule has 2 saturated carbocycles. The molecule has 0 spiro atoms. The monoisotopic (exact) mass is 252 g/mol. The van der Waals surface area contributed by atoms with Crippen LogP contribution in [0.1, 0.15) is 45.4 Å². The highest BCUT2D eigenvalue weighted by molar-refractivity contribution is 5.91. The van der Waals surface area contributed by atoms with E-state index >= 15 is 0 Å². The van der Waals surface area contributed by atoms with Crippen molar-refractivity contribution < 1.29 is 19.1 Å². The number of carbonyl (C=O) groups is 3. The van der Waals surface area contributed by atoms with Crippen molar-refractivity contribution >= 4 is 18.5 Å². The largest absolute Gasteiger partial charge is 0.466 e. The van der Waals surface area contributed by atoms with Crippen molar-refractivity contribution in [3.63, 3.8) is 0 Å². The number of hydrogen-bond donors (Lipinski definition) is 0. The molecular weight excluding hydrogens is 232 g/mol. The summed E-state index contributed by atoms with van der Waals surface area (Å²) in [6.45, 7) is 2.04. The van der Waals surface area contributed by atoms with Gasteiger partial charge in [0.05, 0.1) is 12.0 Å². The molecule has 0 amide bonds. The molecule has 2 unspecified atom stereocenters. The van der Waals surface area contributed by atoms with Crippen molar-refractivity contribution in [3.05, 3.63) is 0 Å². The summed E-state index contributed by atoms with van der Waals surface area (Å²) in [6.07, 6.45) is 6.63. The molecule has 0 aromatic carbocycles. The van der Waals surface area contributed by atoms with Crippen LogP contribution < -0.4 is 0 Å². The minimum absolute atomic E-state index is 0.293. The van der Waals surface area contributed by atoms with Gasteiger partial charge < -0.3 is 14.3 Å². The van der Waals surface area contributed by atoms with E-state index in [0.29, 0.717) is 25.9 Å². The first-order chi connectivity index (χ1) is 8.66. The van der Waals surface area contributed by atoms with E-state index in [1.54, 1.807) is 6.92 Å². The van der Waals surface area contributed by atoms with Crippen molar-refractivity contribution in [3.8, 4) is 0 Å². The normalized spacial score (nSPS) is 33.5. The second-order valence-electron chi connectivity index (χ2n) is 5.47. The van der Waals surface area contributed by atoms with Crippen LogP contribution in [0.2, 0.25) is 0 Å². The Balaban J connectivity index is 2.31. The summed E-state index contributed by atoms with van der Waals surface area (Å²) in [6, 6.07) is 0. The number of rotatable bonds is 5. The zero-order valence-corrected chi connectivity index (χ0v) is 10.8. The van der Waals surface area contributed by atoms with Crippen LogP contribution in [-0.2, 0) is 19.1 Å². The molecule has 4 heteroatoms. The number of esters is 1. The lowest BCUT2D eigenvalue weighted by atomic mass is 9.63. The van der Waals surface area contributed by atoms with Crippen LogP contribution in [0.25, 0.3) is 0 Å². The number of aldehydes is 2. The van der Waals surface area contributed by atoms with Gasteiger partial charge in [-0.15, -0.1) is 0 Å². The molecule has 2 fully saturated rings. The third kappa shape index (κ3) is 1.70. The van der Waals surface area contributed by atoms with Gasteiger partial charge in [0.25, 0.3) is 0 Å². The van der Waals surface area contributed by atoms with Crippen LogP contribution in [0.3, 0.4) is 0 Å². The van der Waals surface area contributed by atoms with Gasteiger partial charge in [-0.1, -0.05) is 19.3 Å². The third-order valence-corrected chi connectivity index (χ3v) is 4.68. The Labute approximate surface area is 107 Å². The fraction of sp³-hybridized carbons (Fsp3) is 0.786. The van der Waals surface area contributed by atoms with Gasteiger partial charge in [0.1, 0.15) is 12.6 Å². The van der Waals surface area contributed by atoms with E-state index in [4.69, 9.17) is 4.74 Å². The molecule has 0 aliphatic heterocycles. The quantitative estimate of drug-likeness (QED) is 0.554. The topological polar surface area (TPSA) is 60.4 Å². The van der Waals surface area contributed by atoms with Gasteiger partial charge in [-0.05, 0) is 26.2 Å². The molecule has 4 nitrogen and oxygen atoms in total. The molecule has 2 aliphatic rings. The number of hydrogen-bond acceptors (Lipinski definition) is 4. The third-order valence-electron chi connectivity index (χ3n) is 4.68. The van der Waals surface area contributed by atoms with Gasteiger partial charge in [-0.2, -0.15) is 0 Å². The summed E-state index contributed by atoms with van der Waals surface area (Å²) < 4.78 is 5.12. The molecule has 18 heavy (non-hydrogen) atoms. The van der Waals surface area contributed by atoms with E-state index in [1.807, 2.05) is 0 Å². The van der Waals surface area contributed by atoms with Crippen LogP contribution >= 0.6 is 0 Å². The predicted molar refractivity (Wildman–Crippen MR) is 64.8 cm³/mol. The van der Waals surface area contributed by atoms with Gasteiger partial charge in [-0.3, -0.25) is 4.79 Å². The SMILES string of the molecule is CCOC(=O)C1(C2(C=O)CCCCC2)CC1C=O. The smallest absolute Gasteiger partial charge is 0.313 e. The van der Waals surface area contributed by atoms with Crippen LogP contribution in [0.4, 0.5) is 0 Å². The Kier molecular flexibility index (Phi) is 3.55. The summed E-state index contributed by atoms with van der Waals surface area (Å²) in [5, 5.41) is 0. The zero-order valence-electron chi connectivity index (χ0n) is 10.8. The lowest BCUT2D eigenvalue weighted by Gasteiger charge is -2.38. The standard InChI is InChI=1S/C14H20O4/c1-2-18-12(17)14(8-11(14)9-15)13(10-16)6-4-3-5-7-13/h9-11H,2-8H2,1H3. The molecular formula is C14H20O4. The van der Waals surface area contributed by atoms with Crippen LogP contribution in [0, 0.1) is 16.7 Å². The molecule has 2 atom stereocenters. The van der Waals surface area contributed by atoms with E-state index in [-0.39, 0.29) is 11.9 Å². The van der Waals surface area contributed by atoms with Crippen molar-refractivity contribution in [1.82, 2.24) is 0 Å². The first-order valence-corrected chi connectivity index (χ1v) is 6.76. The van der Waals surface area contributed by atoms with Crippen LogP contribution in [-0.4, -0.2) is 25.1 Å². The molecule has 0 bridgehead atoms.